The fourth-order valence-corrected chi connectivity index (χ4v) is 1.85. The lowest BCUT2D eigenvalue weighted by molar-refractivity contribution is -0.0216. The van der Waals surface area contributed by atoms with Gasteiger partial charge in [-0.1, -0.05) is 0 Å². The number of aromatic carboxylic acids is 1. The molecule has 0 spiro atoms. The molecule has 0 aromatic heterocycles. The van der Waals surface area contributed by atoms with E-state index in [2.05, 4.69) is 0 Å². The van der Waals surface area contributed by atoms with Crippen LogP contribution in [-0.2, 0) is 4.74 Å². The van der Waals surface area contributed by atoms with Gasteiger partial charge in [-0.25, -0.2) is 9.59 Å². The van der Waals surface area contributed by atoms with Crippen LogP contribution in [0.3, 0.4) is 0 Å². The van der Waals surface area contributed by atoms with Gasteiger partial charge in [-0.15, -0.1) is 0 Å². The van der Waals surface area contributed by atoms with E-state index in [0.29, 0.717) is 0 Å². The number of carbonyl (C=O) groups is 2. The van der Waals surface area contributed by atoms with Gasteiger partial charge >= 0.3 is 11.9 Å². The summed E-state index contributed by atoms with van der Waals surface area (Å²) in [6.07, 6.45) is -2.12. The molecule has 90 valence electrons. The normalized spacial score (nSPS) is 22.8. The first-order chi connectivity index (χ1) is 7.93. The van der Waals surface area contributed by atoms with Gasteiger partial charge in [-0.3, -0.25) is 0 Å². The molecule has 1 heterocycles. The Morgan fingerprint density at radius 2 is 2.06 bits per heavy atom. The topological polar surface area (TPSA) is 104 Å². The van der Waals surface area contributed by atoms with Gasteiger partial charge in [-0.2, -0.15) is 0 Å². The van der Waals surface area contributed by atoms with Crippen LogP contribution in [0.1, 0.15) is 39.3 Å². The minimum atomic E-state index is -1.40. The molecule has 2 rings (SSSR count). The van der Waals surface area contributed by atoms with Crippen LogP contribution in [0.2, 0.25) is 0 Å². The zero-order chi connectivity index (χ0) is 12.7. The summed E-state index contributed by atoms with van der Waals surface area (Å²) in [5, 5.41) is 28.3. The lowest BCUT2D eigenvalue weighted by atomic mass is 9.91. The number of benzene rings is 1. The number of aliphatic hydroxyl groups is 1. The third-order valence-corrected chi connectivity index (χ3v) is 2.69. The molecule has 0 fully saturated rings. The molecule has 6 nitrogen and oxygen atoms in total. The maximum Gasteiger partial charge on any atom is 0.339 e. The second-order valence-corrected chi connectivity index (χ2v) is 3.78. The zero-order valence-corrected chi connectivity index (χ0v) is 8.88. The molecule has 0 bridgehead atoms. The van der Waals surface area contributed by atoms with Gasteiger partial charge < -0.3 is 20.1 Å². The predicted octanol–water partition coefficient (Wildman–Crippen LogP) is 0.683. The molecule has 0 radical (unpaired) electrons. The van der Waals surface area contributed by atoms with Crippen molar-refractivity contribution in [2.75, 3.05) is 0 Å². The van der Waals surface area contributed by atoms with E-state index in [4.69, 9.17) is 9.84 Å². The molecule has 17 heavy (non-hydrogen) atoms. The quantitative estimate of drug-likeness (QED) is 0.621. The molecule has 1 aliphatic heterocycles. The van der Waals surface area contributed by atoms with E-state index in [1.54, 1.807) is 0 Å². The lowest BCUT2D eigenvalue weighted by Crippen LogP contribution is -2.31. The van der Waals surface area contributed by atoms with Crippen molar-refractivity contribution in [2.45, 2.75) is 19.1 Å². The van der Waals surface area contributed by atoms with Crippen molar-refractivity contribution in [2.24, 2.45) is 0 Å². The first kappa shape index (κ1) is 11.4. The minimum Gasteiger partial charge on any atom is -0.507 e. The first-order valence-electron chi connectivity index (χ1n) is 4.91. The van der Waals surface area contributed by atoms with Crippen LogP contribution < -0.4 is 0 Å². The molecule has 1 aromatic carbocycles. The molecular weight excluding hydrogens is 228 g/mol. The van der Waals surface area contributed by atoms with E-state index in [-0.39, 0.29) is 11.1 Å². The summed E-state index contributed by atoms with van der Waals surface area (Å²) in [5.74, 6) is -2.60. The molecule has 0 amide bonds. The van der Waals surface area contributed by atoms with Crippen molar-refractivity contribution in [3.63, 3.8) is 0 Å². The summed E-state index contributed by atoms with van der Waals surface area (Å²) in [6.45, 7) is 1.45. The Morgan fingerprint density at radius 1 is 1.41 bits per heavy atom. The van der Waals surface area contributed by atoms with Crippen molar-refractivity contribution in [3.8, 4) is 5.75 Å². The highest BCUT2D eigenvalue weighted by molar-refractivity contribution is 6.00. The van der Waals surface area contributed by atoms with Crippen LogP contribution in [0.25, 0.3) is 0 Å². The Kier molecular flexibility index (Phi) is 2.51. The molecule has 0 aliphatic carbocycles. The van der Waals surface area contributed by atoms with Crippen molar-refractivity contribution >= 4 is 11.9 Å². The summed E-state index contributed by atoms with van der Waals surface area (Å²) >= 11 is 0. The highest BCUT2D eigenvalue weighted by atomic mass is 16.6. The van der Waals surface area contributed by atoms with Gasteiger partial charge in [0.05, 0.1) is 5.56 Å². The average Bonchev–Trinajstić information content (AvgIpc) is 2.24. The first-order valence-corrected chi connectivity index (χ1v) is 4.91. The van der Waals surface area contributed by atoms with Crippen molar-refractivity contribution in [1.29, 1.82) is 0 Å². The lowest BCUT2D eigenvalue weighted by Gasteiger charge is -2.28. The van der Waals surface area contributed by atoms with E-state index in [1.165, 1.54) is 13.0 Å². The summed E-state index contributed by atoms with van der Waals surface area (Å²) in [6, 6.07) is 2.32. The number of hydrogen-bond donors (Lipinski definition) is 3. The molecule has 1 aromatic rings. The number of fused-ring (bicyclic) bond motifs is 1. The van der Waals surface area contributed by atoms with Crippen LogP contribution in [0.5, 0.6) is 5.75 Å². The monoisotopic (exact) mass is 238 g/mol. The molecule has 0 saturated carbocycles. The Hall–Kier alpha value is -2.08. The number of aliphatic hydroxyl groups excluding tert-OH is 1. The molecule has 1 aliphatic rings. The van der Waals surface area contributed by atoms with Gasteiger partial charge in [0.15, 0.2) is 0 Å². The van der Waals surface area contributed by atoms with E-state index >= 15 is 0 Å². The highest BCUT2D eigenvalue weighted by Crippen LogP contribution is 2.36. The Labute approximate surface area is 96.1 Å². The number of esters is 1. The number of rotatable bonds is 1. The zero-order valence-electron chi connectivity index (χ0n) is 8.88. The summed E-state index contributed by atoms with van der Waals surface area (Å²) in [5.41, 5.74) is -0.592. The van der Waals surface area contributed by atoms with Crippen molar-refractivity contribution in [1.82, 2.24) is 0 Å². The second kappa shape index (κ2) is 3.74. The van der Waals surface area contributed by atoms with Crippen LogP contribution in [0, 0.1) is 0 Å². The largest absolute Gasteiger partial charge is 0.507 e. The smallest absolute Gasteiger partial charge is 0.339 e. The number of cyclic esters (lactones) is 1. The maximum absolute atomic E-state index is 11.5. The number of carboxylic acid groups (broad SMARTS) is 1. The summed E-state index contributed by atoms with van der Waals surface area (Å²) in [4.78, 5) is 22.5. The van der Waals surface area contributed by atoms with E-state index in [9.17, 15) is 19.8 Å². The number of aromatic hydroxyl groups is 1. The molecule has 6 heteroatoms. The van der Waals surface area contributed by atoms with Crippen molar-refractivity contribution < 1.29 is 29.6 Å². The van der Waals surface area contributed by atoms with Crippen LogP contribution in [0.4, 0.5) is 0 Å². The molecule has 2 unspecified atom stereocenters. The third-order valence-electron chi connectivity index (χ3n) is 2.69. The summed E-state index contributed by atoms with van der Waals surface area (Å²) in [7, 11) is 0. The second-order valence-electron chi connectivity index (χ2n) is 3.78. The van der Waals surface area contributed by atoms with Crippen LogP contribution >= 0.6 is 0 Å². The fraction of sp³-hybridized carbons (Fsp3) is 0.273. The molecule has 3 N–H and O–H groups in total. The van der Waals surface area contributed by atoms with E-state index in [0.717, 1.165) is 6.07 Å². The number of hydrogen-bond acceptors (Lipinski definition) is 5. The van der Waals surface area contributed by atoms with Gasteiger partial charge in [-0.05, 0) is 19.1 Å². The minimum absolute atomic E-state index is 0.0363. The average molecular weight is 238 g/mol. The number of phenols is 1. The third kappa shape index (κ3) is 1.62. The summed E-state index contributed by atoms with van der Waals surface area (Å²) < 4.78 is 4.84. The SMILES string of the molecule is CC1OC(=O)c2ccc(O)c(C(=O)O)c2C1O. The maximum atomic E-state index is 11.5. The molecular formula is C11H10O6. The Bertz CT molecular complexity index is 507. The Balaban J connectivity index is 2.75. The standard InChI is InChI=1S/C11H10O6/c1-4-9(13)7-5(11(16)17-4)2-3-6(12)8(7)10(14)15/h2-4,9,12-13H,1H3,(H,14,15). The van der Waals surface area contributed by atoms with Crippen LogP contribution in [-0.4, -0.2) is 33.4 Å². The molecule has 2 atom stereocenters. The fourth-order valence-electron chi connectivity index (χ4n) is 1.85. The van der Waals surface area contributed by atoms with Gasteiger partial charge in [0, 0.05) is 5.56 Å². The number of carbonyl (C=O) groups excluding carboxylic acids is 1. The predicted molar refractivity (Wildman–Crippen MR) is 54.9 cm³/mol. The van der Waals surface area contributed by atoms with E-state index in [1.807, 2.05) is 0 Å². The van der Waals surface area contributed by atoms with Gasteiger partial charge in [0.25, 0.3) is 0 Å². The highest BCUT2D eigenvalue weighted by Gasteiger charge is 2.36. The van der Waals surface area contributed by atoms with Gasteiger partial charge in [0.1, 0.15) is 23.5 Å². The van der Waals surface area contributed by atoms with Gasteiger partial charge in [0.2, 0.25) is 0 Å². The van der Waals surface area contributed by atoms with E-state index < -0.39 is 35.5 Å². The molecule has 0 saturated heterocycles. The number of carboxylic acids is 1. The Morgan fingerprint density at radius 3 is 2.65 bits per heavy atom. The number of ether oxygens (including phenoxy) is 1. The van der Waals surface area contributed by atoms with Crippen molar-refractivity contribution in [3.05, 3.63) is 28.8 Å². The van der Waals surface area contributed by atoms with Crippen LogP contribution in [0.15, 0.2) is 12.1 Å².